The fraction of sp³-hybridized carbons (Fsp3) is 0.294. The monoisotopic (exact) mass is 323 g/mol. The predicted molar refractivity (Wildman–Crippen MR) is 90.5 cm³/mol. The maximum Gasteiger partial charge on any atom is 0.277 e. The van der Waals surface area contributed by atoms with E-state index < -0.39 is 0 Å². The van der Waals surface area contributed by atoms with Crippen molar-refractivity contribution >= 4 is 16.9 Å². The zero-order valence-electron chi connectivity index (χ0n) is 13.3. The van der Waals surface area contributed by atoms with E-state index in [4.69, 9.17) is 4.74 Å². The van der Waals surface area contributed by atoms with Crippen LogP contribution in [-0.4, -0.2) is 40.1 Å². The minimum Gasteiger partial charge on any atom is -0.497 e. The lowest BCUT2D eigenvalue weighted by Crippen LogP contribution is -2.21. The number of H-pyrrole nitrogens is 1. The lowest BCUT2D eigenvalue weighted by molar-refractivity contribution is 0.413. The highest BCUT2D eigenvalue weighted by atomic mass is 16.5. The van der Waals surface area contributed by atoms with E-state index in [-0.39, 0.29) is 5.56 Å². The van der Waals surface area contributed by atoms with Crippen molar-refractivity contribution in [2.24, 2.45) is 0 Å². The maximum atomic E-state index is 11.9. The Morgan fingerprint density at radius 3 is 3.08 bits per heavy atom. The third-order valence-electron chi connectivity index (χ3n) is 4.39. The Bertz CT molecular complexity index is 939. The van der Waals surface area contributed by atoms with Crippen LogP contribution in [0.2, 0.25) is 0 Å². The van der Waals surface area contributed by atoms with Crippen molar-refractivity contribution in [2.75, 3.05) is 25.1 Å². The van der Waals surface area contributed by atoms with Crippen LogP contribution in [0.25, 0.3) is 11.0 Å². The molecule has 0 aromatic carbocycles. The predicted octanol–water partition coefficient (Wildman–Crippen LogP) is 1.72. The quantitative estimate of drug-likeness (QED) is 0.790. The number of aromatic amines is 1. The molecule has 0 radical (unpaired) electrons. The van der Waals surface area contributed by atoms with Gasteiger partial charge in [0.15, 0.2) is 5.52 Å². The van der Waals surface area contributed by atoms with Gasteiger partial charge in [-0.2, -0.15) is 0 Å². The number of anilines is 1. The molecule has 1 aliphatic rings. The summed E-state index contributed by atoms with van der Waals surface area (Å²) in [6.45, 7) is 1.69. The molecule has 0 saturated carbocycles. The lowest BCUT2D eigenvalue weighted by atomic mass is 10.0. The molecule has 1 atom stereocenters. The summed E-state index contributed by atoms with van der Waals surface area (Å²) in [6.07, 6.45) is 4.16. The zero-order chi connectivity index (χ0) is 16.5. The first-order valence-electron chi connectivity index (χ1n) is 7.84. The standard InChI is InChI=1S/C17H17N5O2/c1-24-12-4-6-18-14(8-12)11-5-7-22(9-11)15-3-2-13-16(21-15)17(23)20-10-19-13/h2-4,6,8,10-11H,5,7,9H2,1H3,(H,19,20,23). The number of nitrogens with one attached hydrogen (secondary N) is 1. The topological polar surface area (TPSA) is 84.0 Å². The molecular formula is C17H17N5O2. The number of methoxy groups -OCH3 is 1. The average Bonchev–Trinajstić information content (AvgIpc) is 3.12. The summed E-state index contributed by atoms with van der Waals surface area (Å²) in [5, 5.41) is 0. The van der Waals surface area contributed by atoms with E-state index in [2.05, 4.69) is 24.8 Å². The summed E-state index contributed by atoms with van der Waals surface area (Å²) >= 11 is 0. The SMILES string of the molecule is COc1ccnc(C2CCN(c3ccc4nc[nH]c(=O)c4n3)C2)c1. The molecule has 3 aromatic rings. The van der Waals surface area contributed by atoms with E-state index >= 15 is 0 Å². The fourth-order valence-corrected chi connectivity index (χ4v) is 3.11. The Balaban J connectivity index is 1.60. The van der Waals surface area contributed by atoms with E-state index in [0.29, 0.717) is 17.0 Å². The summed E-state index contributed by atoms with van der Waals surface area (Å²) in [5.74, 6) is 1.94. The van der Waals surface area contributed by atoms with E-state index in [9.17, 15) is 4.79 Å². The van der Waals surface area contributed by atoms with Crippen LogP contribution in [0.1, 0.15) is 18.0 Å². The molecule has 1 aliphatic heterocycles. The average molecular weight is 323 g/mol. The van der Waals surface area contributed by atoms with Crippen molar-refractivity contribution < 1.29 is 4.74 Å². The first kappa shape index (κ1) is 14.6. The van der Waals surface area contributed by atoms with Gasteiger partial charge in [0.05, 0.1) is 19.0 Å². The van der Waals surface area contributed by atoms with Crippen LogP contribution in [0.5, 0.6) is 5.75 Å². The Hall–Kier alpha value is -2.96. The molecule has 122 valence electrons. The van der Waals surface area contributed by atoms with Crippen molar-refractivity contribution in [3.05, 3.63) is 52.8 Å². The van der Waals surface area contributed by atoms with Gasteiger partial charge in [0, 0.05) is 37.0 Å². The number of rotatable bonds is 3. The van der Waals surface area contributed by atoms with Crippen LogP contribution in [0.15, 0.2) is 41.6 Å². The molecule has 1 fully saturated rings. The van der Waals surface area contributed by atoms with Crippen molar-refractivity contribution in [3.63, 3.8) is 0 Å². The van der Waals surface area contributed by atoms with Crippen LogP contribution in [0, 0.1) is 0 Å². The first-order chi connectivity index (χ1) is 11.7. The zero-order valence-corrected chi connectivity index (χ0v) is 13.3. The number of pyridine rings is 2. The second kappa shape index (κ2) is 5.92. The normalized spacial score (nSPS) is 17.4. The molecule has 1 saturated heterocycles. The lowest BCUT2D eigenvalue weighted by Gasteiger charge is -2.17. The maximum absolute atomic E-state index is 11.9. The summed E-state index contributed by atoms with van der Waals surface area (Å²) in [7, 11) is 1.66. The van der Waals surface area contributed by atoms with Gasteiger partial charge in [-0.1, -0.05) is 0 Å². The fourth-order valence-electron chi connectivity index (χ4n) is 3.11. The van der Waals surface area contributed by atoms with E-state index in [0.717, 1.165) is 36.8 Å². The first-order valence-corrected chi connectivity index (χ1v) is 7.84. The van der Waals surface area contributed by atoms with E-state index in [1.165, 1.54) is 6.33 Å². The second-order valence-corrected chi connectivity index (χ2v) is 5.82. The molecule has 1 N–H and O–H groups in total. The van der Waals surface area contributed by atoms with Gasteiger partial charge in [-0.25, -0.2) is 9.97 Å². The molecule has 4 heterocycles. The van der Waals surface area contributed by atoms with Crippen LogP contribution in [0.3, 0.4) is 0 Å². The van der Waals surface area contributed by atoms with Crippen LogP contribution >= 0.6 is 0 Å². The summed E-state index contributed by atoms with van der Waals surface area (Å²) in [4.78, 5) is 29.7. The van der Waals surface area contributed by atoms with Gasteiger partial charge in [-0.15, -0.1) is 0 Å². The molecule has 3 aromatic heterocycles. The van der Waals surface area contributed by atoms with Gasteiger partial charge in [0.1, 0.15) is 11.6 Å². The number of ether oxygens (including phenoxy) is 1. The number of nitrogens with zero attached hydrogens (tertiary/aromatic N) is 4. The van der Waals surface area contributed by atoms with Crippen molar-refractivity contribution in [3.8, 4) is 5.75 Å². The number of fused-ring (bicyclic) bond motifs is 1. The molecule has 1 unspecified atom stereocenters. The molecule has 7 heteroatoms. The largest absolute Gasteiger partial charge is 0.497 e. The number of aromatic nitrogens is 4. The Morgan fingerprint density at radius 1 is 1.29 bits per heavy atom. The molecule has 0 spiro atoms. The molecular weight excluding hydrogens is 306 g/mol. The Kier molecular flexibility index (Phi) is 3.60. The highest BCUT2D eigenvalue weighted by Gasteiger charge is 2.26. The third-order valence-corrected chi connectivity index (χ3v) is 4.39. The van der Waals surface area contributed by atoms with Gasteiger partial charge in [-0.05, 0) is 24.6 Å². The van der Waals surface area contributed by atoms with Gasteiger partial charge in [0.2, 0.25) is 0 Å². The third kappa shape index (κ3) is 2.58. The molecule has 0 bridgehead atoms. The van der Waals surface area contributed by atoms with Crippen molar-refractivity contribution in [1.82, 2.24) is 19.9 Å². The van der Waals surface area contributed by atoms with Crippen LogP contribution < -0.4 is 15.2 Å². The number of hydrogen-bond acceptors (Lipinski definition) is 6. The molecule has 4 rings (SSSR count). The second-order valence-electron chi connectivity index (χ2n) is 5.82. The summed E-state index contributed by atoms with van der Waals surface area (Å²) in [5.41, 5.74) is 1.79. The van der Waals surface area contributed by atoms with Gasteiger partial charge >= 0.3 is 0 Å². The Labute approximate surface area is 138 Å². The van der Waals surface area contributed by atoms with Crippen LogP contribution in [-0.2, 0) is 0 Å². The number of hydrogen-bond donors (Lipinski definition) is 1. The van der Waals surface area contributed by atoms with Crippen molar-refractivity contribution in [1.29, 1.82) is 0 Å². The highest BCUT2D eigenvalue weighted by Crippen LogP contribution is 2.30. The van der Waals surface area contributed by atoms with Gasteiger partial charge in [0.25, 0.3) is 5.56 Å². The van der Waals surface area contributed by atoms with Gasteiger partial charge in [-0.3, -0.25) is 9.78 Å². The molecule has 7 nitrogen and oxygen atoms in total. The Morgan fingerprint density at radius 2 is 2.21 bits per heavy atom. The molecule has 0 amide bonds. The van der Waals surface area contributed by atoms with E-state index in [1.54, 1.807) is 13.3 Å². The van der Waals surface area contributed by atoms with Crippen LogP contribution in [0.4, 0.5) is 5.82 Å². The molecule has 0 aliphatic carbocycles. The highest BCUT2D eigenvalue weighted by molar-refractivity contribution is 5.74. The minimum atomic E-state index is -0.216. The van der Waals surface area contributed by atoms with Crippen molar-refractivity contribution in [2.45, 2.75) is 12.3 Å². The summed E-state index contributed by atoms with van der Waals surface area (Å²) < 4.78 is 5.28. The van der Waals surface area contributed by atoms with Gasteiger partial charge < -0.3 is 14.6 Å². The summed E-state index contributed by atoms with van der Waals surface area (Å²) in [6, 6.07) is 7.58. The molecule has 24 heavy (non-hydrogen) atoms. The van der Waals surface area contributed by atoms with E-state index in [1.807, 2.05) is 24.3 Å². The minimum absolute atomic E-state index is 0.216. The smallest absolute Gasteiger partial charge is 0.277 e.